The fourth-order valence-electron chi connectivity index (χ4n) is 0.0430. The van der Waals surface area contributed by atoms with Gasteiger partial charge in [-0.3, -0.25) is 0 Å². The van der Waals surface area contributed by atoms with Crippen LogP contribution < -0.4 is 0 Å². The number of hydrogen-bond acceptors (Lipinski definition) is 0. The van der Waals surface area contributed by atoms with Crippen molar-refractivity contribution < 1.29 is 0 Å². The van der Waals surface area contributed by atoms with Crippen LogP contribution in [0.4, 0.5) is 0 Å². The van der Waals surface area contributed by atoms with Crippen LogP contribution in [0.25, 0.3) is 0 Å². The van der Waals surface area contributed by atoms with Gasteiger partial charge in [0.05, 0.1) is 0 Å². The molecular formula is C3H4AsBi. The molecule has 0 aliphatic carbocycles. The van der Waals surface area contributed by atoms with Crippen molar-refractivity contribution in [3.8, 4) is 0 Å². The number of allylic oxidation sites excluding steroid dienone is 1. The first kappa shape index (κ1) is 6.05. The van der Waals surface area contributed by atoms with Crippen LogP contribution in [0.5, 0.6) is 0 Å². The molecular weight excluding hydrogens is 320 g/mol. The molecule has 26 valence electrons. The first-order valence-corrected chi connectivity index (χ1v) is 4.54. The summed E-state index contributed by atoms with van der Waals surface area (Å²) in [5.74, 6) is 0. The van der Waals surface area contributed by atoms with E-state index in [2.05, 4.69) is 20.2 Å². The van der Waals surface area contributed by atoms with Crippen molar-refractivity contribution in [2.24, 2.45) is 0 Å². The summed E-state index contributed by atoms with van der Waals surface area (Å²) in [7, 11) is 0. The number of hydrogen-bond donors (Lipinski definition) is 0. The second-order valence-corrected chi connectivity index (χ2v) is 2.43. The van der Waals surface area contributed by atoms with Crippen molar-refractivity contribution in [3.05, 3.63) is 9.86 Å². The standard InChI is InChI=1S/C3H3As.Bi.H/c1-2-3-4;;/h1-3H;;. The Kier molecular flexibility index (Phi) is 6.11. The van der Waals surface area contributed by atoms with Gasteiger partial charge in [0.25, 0.3) is 0 Å². The molecule has 0 aliphatic rings. The summed E-state index contributed by atoms with van der Waals surface area (Å²) in [5, 5.41) is 0. The Morgan fingerprint density at radius 2 is 2.20 bits per heavy atom. The molecule has 2 radical (unpaired) electrons. The van der Waals surface area contributed by atoms with Gasteiger partial charge in [-0.2, -0.15) is 0 Å². The van der Waals surface area contributed by atoms with E-state index in [4.69, 9.17) is 0 Å². The van der Waals surface area contributed by atoms with Crippen LogP contribution in [0.1, 0.15) is 0 Å². The summed E-state index contributed by atoms with van der Waals surface area (Å²) in [4.78, 5) is 1.97. The molecule has 0 nitrogen and oxygen atoms in total. The van der Waals surface area contributed by atoms with Crippen LogP contribution in [-0.4, -0.2) is 45.9 Å². The summed E-state index contributed by atoms with van der Waals surface area (Å²) in [6, 6.07) is 0. The molecule has 0 rings (SSSR count). The summed E-state index contributed by atoms with van der Waals surface area (Å²) >= 11 is 3.57. The van der Waals surface area contributed by atoms with Gasteiger partial charge in [0.1, 0.15) is 0 Å². The quantitative estimate of drug-likeness (QED) is 0.564. The molecule has 0 heterocycles. The van der Waals surface area contributed by atoms with Crippen molar-refractivity contribution in [1.82, 2.24) is 0 Å². The van der Waals surface area contributed by atoms with Gasteiger partial charge in [-0.1, -0.05) is 0 Å². The maximum absolute atomic E-state index is 2.39. The molecule has 0 N–H and O–H groups in total. The van der Waals surface area contributed by atoms with Gasteiger partial charge in [-0.25, -0.2) is 0 Å². The molecule has 0 saturated carbocycles. The van der Waals surface area contributed by atoms with Crippen LogP contribution in [-0.2, 0) is 0 Å². The fraction of sp³-hybridized carbons (Fsp3) is 0. The molecule has 0 aromatic rings. The SMILES string of the molecule is [As]=CC=[CH][BiH]. The van der Waals surface area contributed by atoms with Gasteiger partial charge in [0.2, 0.25) is 0 Å². The van der Waals surface area contributed by atoms with Gasteiger partial charge >= 0.3 is 55.8 Å². The van der Waals surface area contributed by atoms with E-state index < -0.39 is 0 Å². The van der Waals surface area contributed by atoms with Crippen LogP contribution in [0.2, 0.25) is 0 Å². The Labute approximate surface area is 55.5 Å². The molecule has 0 aliphatic heterocycles. The maximum atomic E-state index is 2.39. The van der Waals surface area contributed by atoms with Gasteiger partial charge < -0.3 is 0 Å². The minimum absolute atomic E-state index is 1.18. The molecule has 0 unspecified atom stereocenters. The van der Waals surface area contributed by atoms with Gasteiger partial charge in [-0.05, 0) is 0 Å². The molecule has 0 amide bonds. The van der Waals surface area contributed by atoms with Gasteiger partial charge in [0, 0.05) is 0 Å². The van der Waals surface area contributed by atoms with Crippen LogP contribution in [0.3, 0.4) is 0 Å². The monoisotopic (exact) mass is 324 g/mol. The van der Waals surface area contributed by atoms with E-state index in [-0.39, 0.29) is 0 Å². The van der Waals surface area contributed by atoms with E-state index in [0.29, 0.717) is 0 Å². The number of rotatable bonds is 1. The molecule has 0 atom stereocenters. The normalized spacial score (nSPS) is 9.00. The van der Waals surface area contributed by atoms with Gasteiger partial charge in [-0.15, -0.1) is 0 Å². The first-order chi connectivity index (χ1) is 2.41. The molecule has 0 saturated heterocycles. The third kappa shape index (κ3) is 5.05. The second-order valence-electron chi connectivity index (χ2n) is 0.508. The zero-order chi connectivity index (χ0) is 4.12. The van der Waals surface area contributed by atoms with Crippen molar-refractivity contribution in [1.29, 1.82) is 0 Å². The van der Waals surface area contributed by atoms with E-state index in [9.17, 15) is 0 Å². The Morgan fingerprint density at radius 1 is 1.60 bits per heavy atom. The summed E-state index contributed by atoms with van der Waals surface area (Å²) < 4.78 is 2.12. The third-order valence-electron chi connectivity index (χ3n) is 0.182. The fourth-order valence-corrected chi connectivity index (χ4v) is 1.96. The van der Waals surface area contributed by atoms with Crippen molar-refractivity contribution in [2.75, 3.05) is 0 Å². The molecule has 0 fully saturated rings. The molecule has 0 spiro atoms. The molecule has 5 heavy (non-hydrogen) atoms. The summed E-state index contributed by atoms with van der Waals surface area (Å²) in [5.41, 5.74) is 0. The average Bonchev–Trinajstić information content (AvgIpc) is 1.41. The Morgan fingerprint density at radius 3 is 2.20 bits per heavy atom. The summed E-state index contributed by atoms with van der Waals surface area (Å²) in [6.45, 7) is 0. The first-order valence-electron chi connectivity index (χ1n) is 1.21. The minimum atomic E-state index is 1.18. The van der Waals surface area contributed by atoms with E-state index >= 15 is 0 Å². The predicted octanol–water partition coefficient (Wildman–Crippen LogP) is -0.628. The molecule has 2 heteroatoms. The Bertz CT molecular complexity index is 48.9. The zero-order valence-electron chi connectivity index (χ0n) is 2.68. The van der Waals surface area contributed by atoms with Crippen molar-refractivity contribution >= 4 is 45.9 Å². The Balaban J connectivity index is 2.92. The predicted molar refractivity (Wildman–Crippen MR) is 28.1 cm³/mol. The summed E-state index contributed by atoms with van der Waals surface area (Å²) in [6.07, 6.45) is 2.03. The Hall–Kier alpha value is 1.05. The zero-order valence-corrected chi connectivity index (χ0v) is 8.44. The van der Waals surface area contributed by atoms with E-state index in [1.165, 1.54) is 24.7 Å². The topological polar surface area (TPSA) is 0 Å². The third-order valence-corrected chi connectivity index (χ3v) is 1.29. The van der Waals surface area contributed by atoms with Crippen LogP contribution >= 0.6 is 0 Å². The second kappa shape index (κ2) is 5.05. The van der Waals surface area contributed by atoms with Gasteiger partial charge in [0.15, 0.2) is 0 Å². The molecule has 0 aromatic heterocycles. The van der Waals surface area contributed by atoms with Crippen LogP contribution in [0.15, 0.2) is 9.86 Å². The molecule has 0 aromatic carbocycles. The average molecular weight is 324 g/mol. The molecule has 0 bridgehead atoms. The van der Waals surface area contributed by atoms with E-state index in [1.54, 1.807) is 0 Å². The van der Waals surface area contributed by atoms with Crippen molar-refractivity contribution in [2.45, 2.75) is 0 Å². The van der Waals surface area contributed by atoms with E-state index in [0.717, 1.165) is 0 Å². The van der Waals surface area contributed by atoms with E-state index in [1.807, 2.05) is 10.9 Å². The van der Waals surface area contributed by atoms with Crippen molar-refractivity contribution in [3.63, 3.8) is 0 Å². The van der Waals surface area contributed by atoms with Crippen LogP contribution in [0, 0.1) is 0 Å².